The molecule has 194 valence electrons. The van der Waals surface area contributed by atoms with Crippen molar-refractivity contribution in [1.82, 2.24) is 0 Å². The summed E-state index contributed by atoms with van der Waals surface area (Å²) >= 11 is 0. The van der Waals surface area contributed by atoms with Crippen LogP contribution in [0.15, 0.2) is 72.8 Å². The molecule has 0 saturated carbocycles. The topological polar surface area (TPSA) is 70.0 Å². The Bertz CT molecular complexity index is 1220. The maximum Gasteiger partial charge on any atom is 0.335 e. The Hall–Kier alpha value is -3.57. The van der Waals surface area contributed by atoms with Gasteiger partial charge in [-0.05, 0) is 65.6 Å². The van der Waals surface area contributed by atoms with Crippen LogP contribution in [0.5, 0.6) is 5.75 Å². The number of ether oxygens (including phenoxy) is 1. The summed E-state index contributed by atoms with van der Waals surface area (Å²) in [5.41, 5.74) is 4.92. The average Bonchev–Trinajstić information content (AvgIpc) is 2.91. The van der Waals surface area contributed by atoms with Crippen molar-refractivity contribution >= 4 is 17.7 Å². The summed E-state index contributed by atoms with van der Waals surface area (Å²) in [5, 5.41) is 20.3. The molecule has 3 aromatic carbocycles. The number of benzene rings is 3. The highest BCUT2D eigenvalue weighted by atomic mass is 16.5. The van der Waals surface area contributed by atoms with Crippen LogP contribution in [0.1, 0.15) is 78.7 Å². The van der Waals surface area contributed by atoms with E-state index in [9.17, 15) is 9.90 Å². The monoisotopic (exact) mass is 499 g/mol. The minimum atomic E-state index is -0.954. The Morgan fingerprint density at radius 1 is 1.00 bits per heavy atom. The zero-order valence-electron chi connectivity index (χ0n) is 22.0. The number of carbonyl (C=O) groups is 1. The quantitative estimate of drug-likeness (QED) is 0.349. The van der Waals surface area contributed by atoms with Crippen LogP contribution in [0.4, 0.5) is 5.69 Å². The maximum atomic E-state index is 11.2. The second-order valence-electron chi connectivity index (χ2n) is 10.7. The molecule has 4 rings (SSSR count). The molecule has 0 amide bonds. The van der Waals surface area contributed by atoms with E-state index >= 15 is 0 Å². The minimum Gasteiger partial charge on any atom is -0.486 e. The van der Waals surface area contributed by atoms with Gasteiger partial charge in [-0.3, -0.25) is 0 Å². The lowest BCUT2D eigenvalue weighted by atomic mass is 9.83. The van der Waals surface area contributed by atoms with Crippen LogP contribution in [-0.2, 0) is 12.0 Å². The van der Waals surface area contributed by atoms with Gasteiger partial charge in [0.1, 0.15) is 12.4 Å². The average molecular weight is 500 g/mol. The van der Waals surface area contributed by atoms with Crippen molar-refractivity contribution < 1.29 is 19.7 Å². The van der Waals surface area contributed by atoms with Crippen molar-refractivity contribution in [3.05, 3.63) is 101 Å². The Kier molecular flexibility index (Phi) is 8.34. The molecule has 1 unspecified atom stereocenters. The number of hydrogen-bond donors (Lipinski definition) is 2. The Balaban J connectivity index is 1.69. The van der Waals surface area contributed by atoms with Gasteiger partial charge in [-0.1, -0.05) is 75.4 Å². The molecule has 5 heteroatoms. The highest BCUT2D eigenvalue weighted by Gasteiger charge is 2.27. The lowest BCUT2D eigenvalue weighted by Crippen LogP contribution is -2.30. The Morgan fingerprint density at radius 3 is 2.30 bits per heavy atom. The Labute approximate surface area is 220 Å². The first kappa shape index (κ1) is 26.5. The lowest BCUT2D eigenvalue weighted by Gasteiger charge is -2.34. The molecule has 2 N–H and O–H groups in total. The van der Waals surface area contributed by atoms with Gasteiger partial charge in [0.15, 0.2) is 0 Å². The number of aromatic carboxylic acids is 1. The SMILES string of the molecule is CC(C)(C)c1cc(C(O)/C=C/c2ccc(C(=O)O)cc2)cc(N2CCCCC2)c1OCc1ccccc1. The van der Waals surface area contributed by atoms with Crippen molar-refractivity contribution in [3.63, 3.8) is 0 Å². The standard InChI is InChI=1S/C32H37NO4/c1-32(2,3)27-20-26(29(34)17-14-23-12-15-25(16-13-23)31(35)36)21-28(33-18-8-5-9-19-33)30(27)37-22-24-10-6-4-7-11-24/h4,6-7,10-17,20-21,29,34H,5,8-9,18-19,22H2,1-3H3,(H,35,36)/b17-14+. The van der Waals surface area contributed by atoms with E-state index in [2.05, 4.69) is 49.9 Å². The molecule has 0 radical (unpaired) electrons. The number of carboxylic acids is 1. The van der Waals surface area contributed by atoms with E-state index in [0.717, 1.165) is 59.6 Å². The highest BCUT2D eigenvalue weighted by molar-refractivity contribution is 5.87. The van der Waals surface area contributed by atoms with Gasteiger partial charge in [0.05, 0.1) is 17.4 Å². The van der Waals surface area contributed by atoms with Crippen molar-refractivity contribution in [2.24, 2.45) is 0 Å². The van der Waals surface area contributed by atoms with Crippen molar-refractivity contribution in [2.75, 3.05) is 18.0 Å². The molecule has 1 aliphatic rings. The van der Waals surface area contributed by atoms with E-state index in [1.165, 1.54) is 6.42 Å². The third kappa shape index (κ3) is 6.80. The summed E-state index contributed by atoms with van der Waals surface area (Å²) in [7, 11) is 0. The van der Waals surface area contributed by atoms with Gasteiger partial charge in [0, 0.05) is 18.7 Å². The Morgan fingerprint density at radius 2 is 1.68 bits per heavy atom. The molecule has 0 bridgehead atoms. The number of piperidine rings is 1. The van der Waals surface area contributed by atoms with E-state index in [1.807, 2.05) is 24.3 Å². The molecule has 1 saturated heterocycles. The van der Waals surface area contributed by atoms with E-state index in [4.69, 9.17) is 9.84 Å². The third-order valence-corrected chi connectivity index (χ3v) is 6.79. The van der Waals surface area contributed by atoms with E-state index in [1.54, 1.807) is 30.3 Å². The molecule has 0 aliphatic carbocycles. The number of hydrogen-bond acceptors (Lipinski definition) is 4. The number of aliphatic hydroxyl groups excluding tert-OH is 1. The first-order valence-electron chi connectivity index (χ1n) is 13.0. The summed E-state index contributed by atoms with van der Waals surface area (Å²) in [6, 6.07) is 21.0. The van der Waals surface area contributed by atoms with Gasteiger partial charge >= 0.3 is 5.97 Å². The largest absolute Gasteiger partial charge is 0.486 e. The molecule has 37 heavy (non-hydrogen) atoms. The molecule has 0 spiro atoms. The van der Waals surface area contributed by atoms with Crippen LogP contribution in [0.3, 0.4) is 0 Å². The molecule has 1 fully saturated rings. The summed E-state index contributed by atoms with van der Waals surface area (Å²) < 4.78 is 6.54. The normalized spacial score (nSPS) is 15.1. The van der Waals surface area contributed by atoms with Crippen molar-refractivity contribution in [3.8, 4) is 5.75 Å². The van der Waals surface area contributed by atoms with Gasteiger partial charge in [-0.2, -0.15) is 0 Å². The van der Waals surface area contributed by atoms with Gasteiger partial charge in [0.2, 0.25) is 0 Å². The van der Waals surface area contributed by atoms with Crippen molar-refractivity contribution in [2.45, 2.75) is 58.2 Å². The predicted octanol–water partition coefficient (Wildman–Crippen LogP) is 7.00. The molecule has 1 heterocycles. The summed E-state index contributed by atoms with van der Waals surface area (Å²) in [6.45, 7) is 8.95. The molecule has 3 aromatic rings. The molecule has 1 atom stereocenters. The van der Waals surface area contributed by atoms with Crippen LogP contribution in [0, 0.1) is 0 Å². The zero-order chi connectivity index (χ0) is 26.4. The van der Waals surface area contributed by atoms with E-state index < -0.39 is 12.1 Å². The van der Waals surface area contributed by atoms with Crippen molar-refractivity contribution in [1.29, 1.82) is 0 Å². The molecular formula is C32H37NO4. The van der Waals surface area contributed by atoms with Crippen LogP contribution in [0.25, 0.3) is 6.08 Å². The first-order valence-corrected chi connectivity index (χ1v) is 13.0. The first-order chi connectivity index (χ1) is 17.7. The second-order valence-corrected chi connectivity index (χ2v) is 10.7. The minimum absolute atomic E-state index is 0.192. The number of rotatable bonds is 8. The molecule has 1 aliphatic heterocycles. The van der Waals surface area contributed by atoms with Crippen LogP contribution < -0.4 is 9.64 Å². The third-order valence-electron chi connectivity index (χ3n) is 6.79. The van der Waals surface area contributed by atoms with Crippen LogP contribution in [-0.4, -0.2) is 29.3 Å². The second kappa shape index (κ2) is 11.7. The number of aliphatic hydroxyl groups is 1. The summed E-state index contributed by atoms with van der Waals surface area (Å²) in [4.78, 5) is 13.5. The number of nitrogens with zero attached hydrogens (tertiary/aromatic N) is 1. The lowest BCUT2D eigenvalue weighted by molar-refractivity contribution is 0.0697. The molecule has 0 aromatic heterocycles. The highest BCUT2D eigenvalue weighted by Crippen LogP contribution is 2.43. The van der Waals surface area contributed by atoms with Crippen LogP contribution in [0.2, 0.25) is 0 Å². The van der Waals surface area contributed by atoms with E-state index in [-0.39, 0.29) is 11.0 Å². The smallest absolute Gasteiger partial charge is 0.335 e. The fraction of sp³-hybridized carbons (Fsp3) is 0.344. The number of anilines is 1. The number of carboxylic acid groups (broad SMARTS) is 1. The summed E-state index contributed by atoms with van der Waals surface area (Å²) in [6.07, 6.45) is 6.28. The fourth-order valence-corrected chi connectivity index (χ4v) is 4.66. The fourth-order valence-electron chi connectivity index (χ4n) is 4.66. The van der Waals surface area contributed by atoms with Gasteiger partial charge in [-0.25, -0.2) is 4.79 Å². The zero-order valence-corrected chi connectivity index (χ0v) is 22.0. The maximum absolute atomic E-state index is 11.2. The predicted molar refractivity (Wildman–Crippen MR) is 149 cm³/mol. The van der Waals surface area contributed by atoms with Gasteiger partial charge in [0.25, 0.3) is 0 Å². The molecule has 5 nitrogen and oxygen atoms in total. The summed E-state index contributed by atoms with van der Waals surface area (Å²) in [5.74, 6) is -0.0625. The van der Waals surface area contributed by atoms with Gasteiger partial charge in [-0.15, -0.1) is 0 Å². The molecular weight excluding hydrogens is 462 g/mol. The van der Waals surface area contributed by atoms with E-state index in [0.29, 0.717) is 6.61 Å². The van der Waals surface area contributed by atoms with Gasteiger partial charge < -0.3 is 19.8 Å². The van der Waals surface area contributed by atoms with Crippen LogP contribution >= 0.6 is 0 Å².